The molecule has 1 spiro atoms. The number of nitrogens with zero attached hydrogens (tertiary/aromatic N) is 4. The van der Waals surface area contributed by atoms with Crippen LogP contribution in [0.2, 0.25) is 0 Å². The third-order valence-electron chi connectivity index (χ3n) is 5.90. The van der Waals surface area contributed by atoms with E-state index in [-0.39, 0.29) is 11.2 Å². The summed E-state index contributed by atoms with van der Waals surface area (Å²) in [6.07, 6.45) is 9.95. The molecule has 1 saturated carbocycles. The maximum atomic E-state index is 11.8. The Balaban J connectivity index is 0.000000447. The van der Waals surface area contributed by atoms with Crippen LogP contribution in [0.25, 0.3) is 11.3 Å². The molecule has 1 aliphatic carbocycles. The van der Waals surface area contributed by atoms with Gasteiger partial charge in [-0.2, -0.15) is 0 Å². The van der Waals surface area contributed by atoms with Crippen LogP contribution in [0.15, 0.2) is 48.9 Å². The Morgan fingerprint density at radius 3 is 2.14 bits per heavy atom. The molecule has 0 radical (unpaired) electrons. The summed E-state index contributed by atoms with van der Waals surface area (Å²) in [4.78, 5) is 27.6. The van der Waals surface area contributed by atoms with Crippen molar-refractivity contribution in [3.05, 3.63) is 65.6 Å². The molecule has 0 amide bonds. The van der Waals surface area contributed by atoms with E-state index in [0.29, 0.717) is 12.6 Å². The van der Waals surface area contributed by atoms with Crippen LogP contribution in [-0.4, -0.2) is 39.0 Å². The molecular formula is C30H42N4O2. The Kier molecular flexibility index (Phi) is 11.2. The van der Waals surface area contributed by atoms with Crippen molar-refractivity contribution in [2.24, 2.45) is 0 Å². The van der Waals surface area contributed by atoms with E-state index in [1.807, 2.05) is 64.4 Å². The SMILES string of the molecule is CC.CC(=O)c1ccc2c(c1)N(c1ncc(-c3cc(C)ccn3)cn1)CC21CC1.CCC.CCCO. The number of aliphatic hydroxyl groups excluding tert-OH is 1. The highest BCUT2D eigenvalue weighted by Gasteiger charge is 2.52. The molecule has 1 aromatic carbocycles. The van der Waals surface area contributed by atoms with Crippen molar-refractivity contribution in [2.75, 3.05) is 18.1 Å². The lowest BCUT2D eigenvalue weighted by atomic mass is 9.97. The highest BCUT2D eigenvalue weighted by molar-refractivity contribution is 5.96. The van der Waals surface area contributed by atoms with Gasteiger partial charge in [0.05, 0.1) is 5.69 Å². The fourth-order valence-corrected chi connectivity index (χ4v) is 3.94. The first kappa shape index (κ1) is 29.1. The first-order valence-corrected chi connectivity index (χ1v) is 13.2. The van der Waals surface area contributed by atoms with Crippen molar-refractivity contribution in [3.8, 4) is 11.3 Å². The van der Waals surface area contributed by atoms with Crippen LogP contribution in [-0.2, 0) is 5.41 Å². The quantitative estimate of drug-likeness (QED) is 0.394. The van der Waals surface area contributed by atoms with Gasteiger partial charge in [-0.1, -0.05) is 53.2 Å². The summed E-state index contributed by atoms with van der Waals surface area (Å²) in [6, 6.07) is 10.1. The molecule has 6 nitrogen and oxygen atoms in total. The molecule has 1 aliphatic heterocycles. The maximum Gasteiger partial charge on any atom is 0.229 e. The lowest BCUT2D eigenvalue weighted by molar-refractivity contribution is 0.101. The Morgan fingerprint density at radius 2 is 1.64 bits per heavy atom. The molecule has 1 fully saturated rings. The van der Waals surface area contributed by atoms with Gasteiger partial charge in [0, 0.05) is 54.0 Å². The first-order chi connectivity index (χ1) is 17.4. The summed E-state index contributed by atoms with van der Waals surface area (Å²) in [5.41, 5.74) is 6.27. The standard InChI is InChI=1S/C22H20N4O.C3H8O.C3H8.C2H6/c1-14-5-8-23-19(9-14)17-11-24-21(25-12-17)26-13-22(6-7-22)18-4-3-16(15(2)27)10-20(18)26;1-2-3-4;1-3-2;1-2/h3-5,8-12H,6-7,13H2,1-2H3;4H,2-3H2,1H3;3H2,1-2H3;1-2H3. The number of aryl methyl sites for hydroxylation is 1. The van der Waals surface area contributed by atoms with Crippen LogP contribution in [0.3, 0.4) is 0 Å². The minimum atomic E-state index is 0.0799. The van der Waals surface area contributed by atoms with Crippen molar-refractivity contribution in [3.63, 3.8) is 0 Å². The van der Waals surface area contributed by atoms with Gasteiger partial charge in [-0.3, -0.25) is 9.78 Å². The number of hydrogen-bond donors (Lipinski definition) is 1. The molecule has 36 heavy (non-hydrogen) atoms. The number of hydrogen-bond acceptors (Lipinski definition) is 6. The van der Waals surface area contributed by atoms with Crippen LogP contribution in [0.4, 0.5) is 11.6 Å². The zero-order chi connectivity index (χ0) is 26.7. The molecule has 2 aliphatic rings. The highest BCUT2D eigenvalue weighted by atomic mass is 16.2. The van der Waals surface area contributed by atoms with Gasteiger partial charge in [-0.05, 0) is 62.4 Å². The highest BCUT2D eigenvalue weighted by Crippen LogP contribution is 2.57. The van der Waals surface area contributed by atoms with Gasteiger partial charge >= 0.3 is 0 Å². The van der Waals surface area contributed by atoms with Crippen molar-refractivity contribution in [1.29, 1.82) is 0 Å². The largest absolute Gasteiger partial charge is 0.396 e. The summed E-state index contributed by atoms with van der Waals surface area (Å²) in [5.74, 6) is 0.758. The van der Waals surface area contributed by atoms with E-state index in [4.69, 9.17) is 5.11 Å². The Bertz CT molecular complexity index is 1110. The lowest BCUT2D eigenvalue weighted by Crippen LogP contribution is -2.21. The van der Waals surface area contributed by atoms with Crippen LogP contribution >= 0.6 is 0 Å². The lowest BCUT2D eigenvalue weighted by Gasteiger charge is -2.18. The average Bonchev–Trinajstić information content (AvgIpc) is 3.62. The second-order valence-electron chi connectivity index (χ2n) is 9.08. The van der Waals surface area contributed by atoms with Crippen LogP contribution in [0, 0.1) is 6.92 Å². The normalized spacial score (nSPS) is 13.8. The first-order valence-electron chi connectivity index (χ1n) is 13.2. The Labute approximate surface area is 216 Å². The number of pyridine rings is 1. The molecule has 2 aromatic heterocycles. The minimum Gasteiger partial charge on any atom is -0.396 e. The fourth-order valence-electron chi connectivity index (χ4n) is 3.94. The summed E-state index contributed by atoms with van der Waals surface area (Å²) in [6.45, 7) is 15.0. The molecule has 6 heteroatoms. The molecule has 3 aromatic rings. The van der Waals surface area contributed by atoms with Gasteiger partial charge in [-0.15, -0.1) is 0 Å². The zero-order valence-corrected chi connectivity index (χ0v) is 23.0. The van der Waals surface area contributed by atoms with Crippen molar-refractivity contribution < 1.29 is 9.90 Å². The fraction of sp³-hybridized carbons (Fsp3) is 0.467. The van der Waals surface area contributed by atoms with E-state index >= 15 is 0 Å². The molecule has 0 bridgehead atoms. The number of rotatable bonds is 4. The van der Waals surface area contributed by atoms with Gasteiger partial charge in [0.2, 0.25) is 5.95 Å². The van der Waals surface area contributed by atoms with Crippen molar-refractivity contribution in [2.45, 2.75) is 79.6 Å². The molecular weight excluding hydrogens is 448 g/mol. The average molecular weight is 491 g/mol. The predicted octanol–water partition coefficient (Wildman–Crippen LogP) is 7.06. The number of aliphatic hydroxyl groups is 1. The maximum absolute atomic E-state index is 11.8. The van der Waals surface area contributed by atoms with E-state index in [2.05, 4.69) is 39.8 Å². The van der Waals surface area contributed by atoms with Crippen LogP contribution in [0.1, 0.15) is 88.7 Å². The number of aromatic nitrogens is 3. The molecule has 5 rings (SSSR count). The van der Waals surface area contributed by atoms with E-state index in [1.165, 1.54) is 24.8 Å². The van der Waals surface area contributed by atoms with E-state index in [1.54, 1.807) is 13.1 Å². The molecule has 0 unspecified atom stereocenters. The molecule has 1 N–H and O–H groups in total. The minimum absolute atomic E-state index is 0.0799. The molecule has 0 atom stereocenters. The van der Waals surface area contributed by atoms with Crippen molar-refractivity contribution in [1.82, 2.24) is 15.0 Å². The Morgan fingerprint density at radius 1 is 1.03 bits per heavy atom. The smallest absolute Gasteiger partial charge is 0.229 e. The van der Waals surface area contributed by atoms with Gasteiger partial charge in [0.15, 0.2) is 5.78 Å². The second kappa shape index (κ2) is 13.8. The number of carbonyl (C=O) groups is 1. The monoisotopic (exact) mass is 490 g/mol. The Hall–Kier alpha value is -3.12. The summed E-state index contributed by atoms with van der Waals surface area (Å²) in [7, 11) is 0. The number of ketones is 1. The van der Waals surface area contributed by atoms with Crippen LogP contribution < -0.4 is 4.90 Å². The summed E-state index contributed by atoms with van der Waals surface area (Å²) in [5, 5.41) is 7.88. The van der Waals surface area contributed by atoms with E-state index in [9.17, 15) is 4.79 Å². The summed E-state index contributed by atoms with van der Waals surface area (Å²) >= 11 is 0. The predicted molar refractivity (Wildman–Crippen MR) is 149 cm³/mol. The number of fused-ring (bicyclic) bond motifs is 2. The number of carbonyl (C=O) groups excluding carboxylic acids is 1. The number of benzene rings is 1. The number of anilines is 2. The third kappa shape index (κ3) is 6.97. The molecule has 3 heterocycles. The van der Waals surface area contributed by atoms with E-state index < -0.39 is 0 Å². The van der Waals surface area contributed by atoms with Crippen LogP contribution in [0.5, 0.6) is 0 Å². The third-order valence-corrected chi connectivity index (χ3v) is 5.90. The molecule has 0 saturated heterocycles. The van der Waals surface area contributed by atoms with Gasteiger partial charge in [-0.25, -0.2) is 9.97 Å². The topological polar surface area (TPSA) is 79.2 Å². The van der Waals surface area contributed by atoms with Gasteiger partial charge in [0.1, 0.15) is 0 Å². The van der Waals surface area contributed by atoms with Gasteiger partial charge in [0.25, 0.3) is 0 Å². The number of Topliss-reactive ketones (excluding diaryl/α,β-unsaturated/α-hetero) is 1. The zero-order valence-electron chi connectivity index (χ0n) is 23.0. The molecule has 194 valence electrons. The van der Waals surface area contributed by atoms with Crippen molar-refractivity contribution >= 4 is 17.4 Å². The van der Waals surface area contributed by atoms with E-state index in [0.717, 1.165) is 41.0 Å². The second-order valence-corrected chi connectivity index (χ2v) is 9.08. The van der Waals surface area contributed by atoms with Gasteiger partial charge < -0.3 is 10.0 Å². The summed E-state index contributed by atoms with van der Waals surface area (Å²) < 4.78 is 0.